The maximum Gasteiger partial charge on any atom is 0.355 e. The van der Waals surface area contributed by atoms with Gasteiger partial charge in [-0.2, -0.15) is 0 Å². The number of Topliss-reactive ketones (excluding diaryl/α,β-unsaturated/α-hetero) is 1. The number of benzene rings is 1. The van der Waals surface area contributed by atoms with E-state index in [9.17, 15) is 34.2 Å². The SMILES string of the molecule is CCCCCCCCCCCCCCCCC(CC(=O)CCCC(=O)O[C@]1(CC)C(=O)OCc2c1cc1n(c2=O)Cc2cc3c(CN(C)C)c(O)ccc3nc2-1)C(=O)O. The highest BCUT2D eigenvalue weighted by atomic mass is 16.6. The van der Waals surface area contributed by atoms with Crippen molar-refractivity contribution in [1.29, 1.82) is 0 Å². The van der Waals surface area contributed by atoms with Crippen LogP contribution in [0.2, 0.25) is 0 Å². The molecule has 0 amide bonds. The second-order valence-electron chi connectivity index (χ2n) is 16.9. The van der Waals surface area contributed by atoms with Crippen LogP contribution in [0.15, 0.2) is 29.1 Å². The Morgan fingerprint density at radius 2 is 1.54 bits per heavy atom. The number of aromatic hydroxyl groups is 1. The Bertz CT molecular complexity index is 2020. The molecule has 2 aliphatic heterocycles. The van der Waals surface area contributed by atoms with E-state index in [1.54, 1.807) is 29.7 Å². The first kappa shape index (κ1) is 45.5. The first-order valence-corrected chi connectivity index (χ1v) is 22.1. The standard InChI is InChI=1S/C47H65N3O9/c1-5-7-8-9-10-11-12-13-14-15-16-17-18-19-21-32(45(55)56)26-34(51)22-20-23-42(53)59-47(6-2)38-28-40-43-33(29-50(40)44(54)37(38)31-58-46(47)57)27-35-36(30-49(3)4)41(52)25-24-39(35)48-43/h24-25,27-28,32,52H,5-23,26,29-31H2,1-4H3,(H,55,56)/t32?,47-/m0/s1. The Morgan fingerprint density at radius 3 is 2.15 bits per heavy atom. The number of hydrogen-bond donors (Lipinski definition) is 2. The second kappa shape index (κ2) is 21.6. The van der Waals surface area contributed by atoms with Gasteiger partial charge in [0, 0.05) is 47.9 Å². The predicted octanol–water partition coefficient (Wildman–Crippen LogP) is 9.10. The van der Waals surface area contributed by atoms with Crippen LogP contribution in [0.25, 0.3) is 22.3 Å². The Hall–Kier alpha value is -4.58. The average molecular weight is 816 g/mol. The minimum atomic E-state index is -1.87. The third kappa shape index (κ3) is 11.4. The van der Waals surface area contributed by atoms with Gasteiger partial charge in [-0.25, -0.2) is 9.78 Å². The molecule has 2 N–H and O–H groups in total. The number of pyridine rings is 2. The first-order valence-electron chi connectivity index (χ1n) is 22.1. The molecule has 0 spiro atoms. The Morgan fingerprint density at radius 1 is 0.898 bits per heavy atom. The number of fused-ring (bicyclic) bond motifs is 5. The summed E-state index contributed by atoms with van der Waals surface area (Å²) in [6, 6.07) is 6.98. The molecule has 5 rings (SSSR count). The summed E-state index contributed by atoms with van der Waals surface area (Å²) in [7, 11) is 3.82. The van der Waals surface area contributed by atoms with E-state index in [2.05, 4.69) is 6.92 Å². The molecule has 4 heterocycles. The molecule has 0 fully saturated rings. The lowest BCUT2D eigenvalue weighted by atomic mass is 9.85. The highest BCUT2D eigenvalue weighted by Crippen LogP contribution is 2.42. The highest BCUT2D eigenvalue weighted by molar-refractivity contribution is 5.90. The zero-order valence-corrected chi connectivity index (χ0v) is 35.7. The van der Waals surface area contributed by atoms with Gasteiger partial charge in [0.05, 0.1) is 34.9 Å². The number of carboxylic acid groups (broad SMARTS) is 1. The molecule has 2 aliphatic rings. The molecule has 0 bridgehead atoms. The quantitative estimate of drug-likeness (QED) is 0.0459. The van der Waals surface area contributed by atoms with Crippen molar-refractivity contribution in [2.24, 2.45) is 5.92 Å². The van der Waals surface area contributed by atoms with Crippen molar-refractivity contribution in [1.82, 2.24) is 14.5 Å². The topological polar surface area (TPSA) is 165 Å². The lowest BCUT2D eigenvalue weighted by Gasteiger charge is -2.35. The van der Waals surface area contributed by atoms with Crippen molar-refractivity contribution >= 4 is 34.6 Å². The van der Waals surface area contributed by atoms with Gasteiger partial charge in [0.15, 0.2) is 0 Å². The summed E-state index contributed by atoms with van der Waals surface area (Å²) in [6.07, 6.45) is 17.4. The highest BCUT2D eigenvalue weighted by Gasteiger charge is 2.50. The normalized spacial score (nSPS) is 16.1. The predicted molar refractivity (Wildman–Crippen MR) is 227 cm³/mol. The van der Waals surface area contributed by atoms with Crippen LogP contribution in [0.4, 0.5) is 0 Å². The number of unbranched alkanes of at least 4 members (excludes halogenated alkanes) is 13. The fourth-order valence-corrected chi connectivity index (χ4v) is 8.69. The van der Waals surface area contributed by atoms with Gasteiger partial charge in [-0.15, -0.1) is 0 Å². The van der Waals surface area contributed by atoms with Crippen LogP contribution >= 0.6 is 0 Å². The zero-order valence-electron chi connectivity index (χ0n) is 35.7. The van der Waals surface area contributed by atoms with Crippen LogP contribution in [-0.4, -0.2) is 62.5 Å². The fourth-order valence-electron chi connectivity index (χ4n) is 8.69. The number of carboxylic acids is 1. The monoisotopic (exact) mass is 815 g/mol. The summed E-state index contributed by atoms with van der Waals surface area (Å²) >= 11 is 0. The number of aliphatic carboxylic acids is 1. The van der Waals surface area contributed by atoms with Crippen molar-refractivity contribution in [3.05, 3.63) is 56.9 Å². The molecule has 12 heteroatoms. The molecule has 12 nitrogen and oxygen atoms in total. The number of esters is 2. The van der Waals surface area contributed by atoms with Crippen LogP contribution in [0.3, 0.4) is 0 Å². The number of aromatic nitrogens is 2. The van der Waals surface area contributed by atoms with E-state index in [1.165, 1.54) is 64.2 Å². The average Bonchev–Trinajstić information content (AvgIpc) is 3.56. The number of phenols is 1. The van der Waals surface area contributed by atoms with Crippen molar-refractivity contribution in [3.8, 4) is 17.1 Å². The maximum absolute atomic E-state index is 14.0. The van der Waals surface area contributed by atoms with Gasteiger partial charge < -0.3 is 29.2 Å². The first-order chi connectivity index (χ1) is 28.4. The molecular weight excluding hydrogens is 751 g/mol. The third-order valence-electron chi connectivity index (χ3n) is 12.1. The summed E-state index contributed by atoms with van der Waals surface area (Å²) in [5.74, 6) is -3.30. The van der Waals surface area contributed by atoms with Crippen molar-refractivity contribution in [2.45, 2.75) is 168 Å². The smallest absolute Gasteiger partial charge is 0.355 e. The molecule has 2 aromatic heterocycles. The third-order valence-corrected chi connectivity index (χ3v) is 12.1. The van der Waals surface area contributed by atoms with Gasteiger partial charge in [0.2, 0.25) is 5.60 Å². The number of nitrogens with zero attached hydrogens (tertiary/aromatic N) is 3. The summed E-state index contributed by atoms with van der Waals surface area (Å²) in [5, 5.41) is 21.2. The van der Waals surface area contributed by atoms with Gasteiger partial charge in [-0.1, -0.05) is 104 Å². The number of carbonyl (C=O) groups excluding carboxylic acids is 3. The van der Waals surface area contributed by atoms with E-state index in [1.807, 2.05) is 25.1 Å². The minimum Gasteiger partial charge on any atom is -0.508 e. The van der Waals surface area contributed by atoms with Crippen LogP contribution < -0.4 is 5.56 Å². The lowest BCUT2D eigenvalue weighted by Crippen LogP contribution is -2.47. The molecule has 1 aromatic carbocycles. The molecule has 59 heavy (non-hydrogen) atoms. The van der Waals surface area contributed by atoms with Crippen molar-refractivity contribution in [3.63, 3.8) is 0 Å². The zero-order chi connectivity index (χ0) is 42.5. The number of ketones is 1. The van der Waals surface area contributed by atoms with Gasteiger partial charge in [-0.05, 0) is 57.6 Å². The fraction of sp³-hybridized carbons (Fsp3) is 0.617. The number of carbonyl (C=O) groups is 4. The van der Waals surface area contributed by atoms with Crippen molar-refractivity contribution in [2.75, 3.05) is 14.1 Å². The molecule has 322 valence electrons. The summed E-state index contributed by atoms with van der Waals surface area (Å²) in [5.41, 5.74) is 1.46. The molecule has 3 aromatic rings. The summed E-state index contributed by atoms with van der Waals surface area (Å²) in [6.45, 7) is 4.38. The molecule has 0 radical (unpaired) electrons. The molecule has 0 saturated heterocycles. The number of ether oxygens (including phenoxy) is 2. The van der Waals surface area contributed by atoms with Crippen LogP contribution in [-0.2, 0) is 53.9 Å². The Labute approximate surface area is 348 Å². The Kier molecular flexibility index (Phi) is 16.7. The van der Waals surface area contributed by atoms with E-state index < -0.39 is 29.4 Å². The van der Waals surface area contributed by atoms with Gasteiger partial charge in [-0.3, -0.25) is 19.2 Å². The van der Waals surface area contributed by atoms with Gasteiger partial charge >= 0.3 is 17.9 Å². The molecule has 0 saturated carbocycles. The van der Waals surface area contributed by atoms with Crippen LogP contribution in [0.1, 0.15) is 165 Å². The minimum absolute atomic E-state index is 0.0110. The van der Waals surface area contributed by atoms with E-state index >= 15 is 0 Å². The van der Waals surface area contributed by atoms with E-state index in [0.29, 0.717) is 29.9 Å². The van der Waals surface area contributed by atoms with Gasteiger partial charge in [0.25, 0.3) is 5.56 Å². The van der Waals surface area contributed by atoms with Crippen LogP contribution in [0, 0.1) is 5.92 Å². The summed E-state index contributed by atoms with van der Waals surface area (Å²) < 4.78 is 13.0. The number of phenolic OH excluding ortho intramolecular Hbond substituents is 1. The summed E-state index contributed by atoms with van der Waals surface area (Å²) in [4.78, 5) is 72.5. The maximum atomic E-state index is 14.0. The van der Waals surface area contributed by atoms with E-state index in [4.69, 9.17) is 14.5 Å². The molecular formula is C47H65N3O9. The molecule has 0 aliphatic carbocycles. The van der Waals surface area contributed by atoms with E-state index in [-0.39, 0.29) is 73.5 Å². The van der Waals surface area contributed by atoms with E-state index in [0.717, 1.165) is 42.2 Å². The lowest BCUT2D eigenvalue weighted by molar-refractivity contribution is -0.189. The largest absolute Gasteiger partial charge is 0.508 e. The number of hydrogen-bond acceptors (Lipinski definition) is 10. The number of rotatable bonds is 26. The van der Waals surface area contributed by atoms with Crippen LogP contribution in [0.5, 0.6) is 5.75 Å². The van der Waals surface area contributed by atoms with Crippen molar-refractivity contribution < 1.29 is 38.9 Å². The molecule has 2 atom stereocenters. The Balaban J connectivity index is 1.13. The van der Waals surface area contributed by atoms with Gasteiger partial charge in [0.1, 0.15) is 18.1 Å². The molecule has 1 unspecified atom stereocenters. The second-order valence-corrected chi connectivity index (χ2v) is 16.9. The number of cyclic esters (lactones) is 1.